The number of hydrogen-bond acceptors (Lipinski definition) is 6. The second-order valence-corrected chi connectivity index (χ2v) is 3.46. The summed E-state index contributed by atoms with van der Waals surface area (Å²) in [6.45, 7) is 3.49. The van der Waals surface area contributed by atoms with Crippen LogP contribution in [0.25, 0.3) is 5.65 Å². The molecule has 0 spiro atoms. The smallest absolute Gasteiger partial charge is 0.199 e. The maximum atomic E-state index is 5.53. The number of nitrogens with two attached hydrogens (primary N) is 1. The van der Waals surface area contributed by atoms with Gasteiger partial charge < -0.3 is 11.1 Å². The first kappa shape index (κ1) is 9.78. The summed E-state index contributed by atoms with van der Waals surface area (Å²) in [5.41, 5.74) is 6.15. The van der Waals surface area contributed by atoms with Crippen LogP contribution in [0, 0.1) is 5.92 Å². The number of aromatic nitrogens is 5. The normalized spacial score (nSPS) is 12.9. The molecule has 80 valence electrons. The molecule has 1 unspecified atom stereocenters. The second kappa shape index (κ2) is 4.18. The Morgan fingerprint density at radius 2 is 2.40 bits per heavy atom. The topological polar surface area (TPSA) is 94.0 Å². The van der Waals surface area contributed by atoms with Gasteiger partial charge in [-0.05, 0) is 22.9 Å². The lowest BCUT2D eigenvalue weighted by molar-refractivity contribution is 0.624. The third-order valence-corrected chi connectivity index (χ3v) is 2.14. The standard InChI is InChI=1S/C8H13N7/c1-6(2-9)3-11-7-4-10-5-8-12-13-14-15(7)8/h4-6,11H,2-3,9H2,1H3. The summed E-state index contributed by atoms with van der Waals surface area (Å²) in [6, 6.07) is 0. The van der Waals surface area contributed by atoms with E-state index in [1.165, 1.54) is 0 Å². The maximum absolute atomic E-state index is 5.53. The minimum Gasteiger partial charge on any atom is -0.368 e. The molecule has 2 aromatic heterocycles. The second-order valence-electron chi connectivity index (χ2n) is 3.46. The van der Waals surface area contributed by atoms with Crippen LogP contribution in [0.3, 0.4) is 0 Å². The monoisotopic (exact) mass is 207 g/mol. The molecule has 0 aliphatic rings. The molecule has 3 N–H and O–H groups in total. The van der Waals surface area contributed by atoms with Gasteiger partial charge in [0.2, 0.25) is 0 Å². The molecular weight excluding hydrogens is 194 g/mol. The lowest BCUT2D eigenvalue weighted by Crippen LogP contribution is -2.20. The van der Waals surface area contributed by atoms with Gasteiger partial charge in [0.25, 0.3) is 0 Å². The van der Waals surface area contributed by atoms with Crippen LogP contribution < -0.4 is 11.1 Å². The van der Waals surface area contributed by atoms with Crippen molar-refractivity contribution in [3.05, 3.63) is 12.4 Å². The maximum Gasteiger partial charge on any atom is 0.199 e. The van der Waals surface area contributed by atoms with Crippen molar-refractivity contribution in [3.8, 4) is 0 Å². The summed E-state index contributed by atoms with van der Waals surface area (Å²) in [4.78, 5) is 4.03. The van der Waals surface area contributed by atoms with E-state index in [9.17, 15) is 0 Å². The van der Waals surface area contributed by atoms with Gasteiger partial charge in [0, 0.05) is 6.54 Å². The molecular formula is C8H13N7. The lowest BCUT2D eigenvalue weighted by atomic mass is 10.2. The molecule has 0 bridgehead atoms. The minimum absolute atomic E-state index is 0.400. The number of rotatable bonds is 4. The van der Waals surface area contributed by atoms with Gasteiger partial charge in [0.05, 0.1) is 12.4 Å². The fraction of sp³-hybridized carbons (Fsp3) is 0.500. The van der Waals surface area contributed by atoms with Crippen LogP contribution >= 0.6 is 0 Å². The Morgan fingerprint density at radius 1 is 1.53 bits per heavy atom. The van der Waals surface area contributed by atoms with E-state index in [0.717, 1.165) is 12.4 Å². The molecule has 2 aromatic rings. The third kappa shape index (κ3) is 2.01. The molecule has 0 fully saturated rings. The summed E-state index contributed by atoms with van der Waals surface area (Å²) in [5.74, 6) is 1.18. The molecule has 0 radical (unpaired) electrons. The molecule has 0 amide bonds. The first-order valence-electron chi connectivity index (χ1n) is 4.77. The Bertz CT molecular complexity index is 437. The zero-order chi connectivity index (χ0) is 10.7. The summed E-state index contributed by atoms with van der Waals surface area (Å²) in [7, 11) is 0. The predicted molar refractivity (Wildman–Crippen MR) is 55.3 cm³/mol. The minimum atomic E-state index is 0.400. The Kier molecular flexibility index (Phi) is 2.72. The van der Waals surface area contributed by atoms with E-state index >= 15 is 0 Å². The Labute approximate surface area is 86.7 Å². The molecule has 7 heteroatoms. The number of nitrogens with zero attached hydrogens (tertiary/aromatic N) is 5. The summed E-state index contributed by atoms with van der Waals surface area (Å²) < 4.78 is 1.61. The molecule has 0 aliphatic heterocycles. The average Bonchev–Trinajstić information content (AvgIpc) is 2.74. The van der Waals surface area contributed by atoms with Crippen molar-refractivity contribution < 1.29 is 0 Å². The van der Waals surface area contributed by atoms with Gasteiger partial charge in [0.1, 0.15) is 5.82 Å². The van der Waals surface area contributed by atoms with Crippen LogP contribution in [0.15, 0.2) is 12.4 Å². The molecule has 7 nitrogen and oxygen atoms in total. The third-order valence-electron chi connectivity index (χ3n) is 2.14. The van der Waals surface area contributed by atoms with Gasteiger partial charge >= 0.3 is 0 Å². The van der Waals surface area contributed by atoms with Crippen molar-refractivity contribution in [1.82, 2.24) is 25.0 Å². The largest absolute Gasteiger partial charge is 0.368 e. The number of nitrogens with one attached hydrogen (secondary N) is 1. The van der Waals surface area contributed by atoms with Crippen LogP contribution in [0.2, 0.25) is 0 Å². The fourth-order valence-electron chi connectivity index (χ4n) is 1.16. The quantitative estimate of drug-likeness (QED) is 0.703. The van der Waals surface area contributed by atoms with Crippen LogP contribution in [0.4, 0.5) is 5.82 Å². The molecule has 0 saturated heterocycles. The molecule has 15 heavy (non-hydrogen) atoms. The van der Waals surface area contributed by atoms with E-state index in [1.807, 2.05) is 0 Å². The average molecular weight is 207 g/mol. The highest BCUT2D eigenvalue weighted by Gasteiger charge is 2.04. The van der Waals surface area contributed by atoms with E-state index in [1.54, 1.807) is 16.9 Å². The zero-order valence-corrected chi connectivity index (χ0v) is 8.46. The molecule has 2 heterocycles. The van der Waals surface area contributed by atoms with Crippen LogP contribution in [-0.2, 0) is 0 Å². The first-order chi connectivity index (χ1) is 7.31. The van der Waals surface area contributed by atoms with Crippen LogP contribution in [0.1, 0.15) is 6.92 Å². The highest BCUT2D eigenvalue weighted by molar-refractivity contribution is 5.43. The van der Waals surface area contributed by atoms with Crippen molar-refractivity contribution in [1.29, 1.82) is 0 Å². The van der Waals surface area contributed by atoms with Gasteiger partial charge in [-0.25, -0.2) is 0 Å². The van der Waals surface area contributed by atoms with Crippen LogP contribution in [-0.4, -0.2) is 38.1 Å². The van der Waals surface area contributed by atoms with Gasteiger partial charge in [-0.15, -0.1) is 5.10 Å². The van der Waals surface area contributed by atoms with E-state index in [0.29, 0.717) is 18.1 Å². The predicted octanol–water partition coefficient (Wildman–Crippen LogP) is -0.474. The number of fused-ring (bicyclic) bond motifs is 1. The SMILES string of the molecule is CC(CN)CNc1cncc2nnnn12. The summed E-state index contributed by atoms with van der Waals surface area (Å²) >= 11 is 0. The number of hydrogen-bond donors (Lipinski definition) is 2. The summed E-state index contributed by atoms with van der Waals surface area (Å²) in [5, 5.41) is 14.4. The van der Waals surface area contributed by atoms with E-state index in [4.69, 9.17) is 5.73 Å². The first-order valence-corrected chi connectivity index (χ1v) is 4.77. The molecule has 0 saturated carbocycles. The Balaban J connectivity index is 2.17. The number of anilines is 1. The van der Waals surface area contributed by atoms with Gasteiger partial charge in [-0.1, -0.05) is 6.92 Å². The van der Waals surface area contributed by atoms with Crippen molar-refractivity contribution in [3.63, 3.8) is 0 Å². The molecule has 1 atom stereocenters. The van der Waals surface area contributed by atoms with Crippen LogP contribution in [0.5, 0.6) is 0 Å². The lowest BCUT2D eigenvalue weighted by Gasteiger charge is -2.10. The summed E-state index contributed by atoms with van der Waals surface area (Å²) in [6.07, 6.45) is 3.30. The Hall–Kier alpha value is -1.76. The van der Waals surface area contributed by atoms with Crippen molar-refractivity contribution in [2.75, 3.05) is 18.4 Å². The van der Waals surface area contributed by atoms with Crippen molar-refractivity contribution in [2.24, 2.45) is 11.7 Å². The van der Waals surface area contributed by atoms with E-state index < -0.39 is 0 Å². The fourth-order valence-corrected chi connectivity index (χ4v) is 1.16. The molecule has 0 aliphatic carbocycles. The van der Waals surface area contributed by atoms with Crippen molar-refractivity contribution in [2.45, 2.75) is 6.92 Å². The van der Waals surface area contributed by atoms with E-state index in [2.05, 4.69) is 32.7 Å². The molecule has 0 aromatic carbocycles. The zero-order valence-electron chi connectivity index (χ0n) is 8.46. The van der Waals surface area contributed by atoms with Crippen molar-refractivity contribution >= 4 is 11.5 Å². The highest BCUT2D eigenvalue weighted by atomic mass is 15.5. The van der Waals surface area contributed by atoms with Gasteiger partial charge in [-0.2, -0.15) is 4.52 Å². The van der Waals surface area contributed by atoms with Gasteiger partial charge in [-0.3, -0.25) is 4.98 Å². The molecule has 2 rings (SSSR count). The van der Waals surface area contributed by atoms with Gasteiger partial charge in [0.15, 0.2) is 5.65 Å². The van der Waals surface area contributed by atoms with E-state index in [-0.39, 0.29) is 0 Å². The Morgan fingerprint density at radius 3 is 3.20 bits per heavy atom. The highest BCUT2D eigenvalue weighted by Crippen LogP contribution is 2.06. The number of tetrazole rings is 1.